The Bertz CT molecular complexity index is 3730. The van der Waals surface area contributed by atoms with Crippen LogP contribution in [-0.2, 0) is 5.41 Å². The molecule has 3 nitrogen and oxygen atoms in total. The quantitative estimate of drug-likeness (QED) is 0.175. The molecule has 0 fully saturated rings. The normalized spacial score (nSPS) is 13.3. The first kappa shape index (κ1) is 33.4. The molecule has 9 aromatic carbocycles. The first-order valence-corrected chi connectivity index (χ1v) is 20.8. The second kappa shape index (κ2) is 12.2. The van der Waals surface area contributed by atoms with E-state index in [1.165, 1.54) is 98.9 Å². The predicted octanol–water partition coefficient (Wildman–Crippen LogP) is 15.4. The lowest BCUT2D eigenvalue weighted by atomic mass is 9.81. The van der Waals surface area contributed by atoms with Crippen LogP contribution >= 0.6 is 0 Å². The molecule has 0 unspecified atom stereocenters. The average Bonchev–Trinajstić information content (AvgIpc) is 4.01. The van der Waals surface area contributed by atoms with Crippen LogP contribution in [0.4, 0.5) is 0 Å². The molecule has 1 aliphatic rings. The maximum absolute atomic E-state index is 6.58. The Kier molecular flexibility index (Phi) is 6.78. The van der Waals surface area contributed by atoms with Crippen molar-refractivity contribution >= 4 is 65.6 Å². The summed E-state index contributed by atoms with van der Waals surface area (Å²) < 4.78 is 11.4. The molecule has 60 heavy (non-hydrogen) atoms. The topological polar surface area (TPSA) is 23.0 Å². The van der Waals surface area contributed by atoms with Crippen molar-refractivity contribution in [3.63, 3.8) is 0 Å². The van der Waals surface area contributed by atoms with Gasteiger partial charge in [0.25, 0.3) is 0 Å². The number of aromatic nitrogens is 2. The van der Waals surface area contributed by atoms with Gasteiger partial charge in [-0.25, -0.2) is 0 Å². The van der Waals surface area contributed by atoms with Gasteiger partial charge in [-0.15, -0.1) is 0 Å². The molecular weight excluding hydrogens is 729 g/mol. The molecule has 282 valence electrons. The zero-order chi connectivity index (χ0) is 39.7. The maximum atomic E-state index is 6.58. The summed E-state index contributed by atoms with van der Waals surface area (Å²) >= 11 is 0. The standard InChI is InChI=1S/C57H38N2O/c1-57(2)48-29-28-45-44-18-10-12-20-54(44)60-56(45)55(48)46-27-23-36(32-49(46)57)38-22-26-43-47-31-35(24-30-51(47)59(53(43)34-38)40-15-7-4-8-16-40)37-21-25-42-41-17-9-11-19-50(41)58(52(42)33-37)39-13-5-3-6-14-39/h3-34H,1-2H3. The lowest BCUT2D eigenvalue weighted by Crippen LogP contribution is -2.14. The summed E-state index contributed by atoms with van der Waals surface area (Å²) in [6.07, 6.45) is 0. The molecule has 0 radical (unpaired) electrons. The Balaban J connectivity index is 0.973. The van der Waals surface area contributed by atoms with Crippen LogP contribution in [0.15, 0.2) is 199 Å². The lowest BCUT2D eigenvalue weighted by Gasteiger charge is -2.22. The highest BCUT2D eigenvalue weighted by Crippen LogP contribution is 2.53. The van der Waals surface area contributed by atoms with Crippen LogP contribution in [-0.4, -0.2) is 9.13 Å². The van der Waals surface area contributed by atoms with Crippen molar-refractivity contribution in [3.8, 4) is 44.8 Å². The molecule has 0 N–H and O–H groups in total. The molecule has 0 saturated heterocycles. The number of benzene rings is 9. The van der Waals surface area contributed by atoms with E-state index < -0.39 is 0 Å². The first-order valence-electron chi connectivity index (χ1n) is 20.8. The monoisotopic (exact) mass is 766 g/mol. The highest BCUT2D eigenvalue weighted by Gasteiger charge is 2.38. The van der Waals surface area contributed by atoms with Crippen LogP contribution in [0.3, 0.4) is 0 Å². The van der Waals surface area contributed by atoms with Crippen LogP contribution in [0.2, 0.25) is 0 Å². The number of fused-ring (bicyclic) bond motifs is 13. The van der Waals surface area contributed by atoms with E-state index in [4.69, 9.17) is 4.42 Å². The number of para-hydroxylation sites is 4. The van der Waals surface area contributed by atoms with E-state index in [1.807, 2.05) is 0 Å². The van der Waals surface area contributed by atoms with Gasteiger partial charge in [0.15, 0.2) is 0 Å². The summed E-state index contributed by atoms with van der Waals surface area (Å²) in [5.74, 6) is 0. The molecule has 13 rings (SSSR count). The van der Waals surface area contributed by atoms with Gasteiger partial charge in [0.05, 0.1) is 22.1 Å². The molecule has 0 spiro atoms. The summed E-state index contributed by atoms with van der Waals surface area (Å²) in [4.78, 5) is 0. The summed E-state index contributed by atoms with van der Waals surface area (Å²) in [5, 5.41) is 7.34. The minimum Gasteiger partial charge on any atom is -0.455 e. The molecular formula is C57H38N2O. The molecule has 0 saturated carbocycles. The molecule has 0 atom stereocenters. The van der Waals surface area contributed by atoms with Crippen molar-refractivity contribution in [1.82, 2.24) is 9.13 Å². The van der Waals surface area contributed by atoms with E-state index in [-0.39, 0.29) is 5.41 Å². The zero-order valence-electron chi connectivity index (χ0n) is 33.3. The SMILES string of the molecule is CC1(C)c2cc(-c3ccc4c5cc(-c6ccc7c8ccccc8n(-c8ccccc8)c7c6)ccc5n(-c5ccccc5)c4c3)ccc2-c2c1ccc1c2oc2ccccc21. The van der Waals surface area contributed by atoms with Gasteiger partial charge in [0.1, 0.15) is 11.2 Å². The van der Waals surface area contributed by atoms with Gasteiger partial charge < -0.3 is 13.6 Å². The summed E-state index contributed by atoms with van der Waals surface area (Å²) in [5.41, 5.74) is 18.8. The second-order valence-corrected chi connectivity index (χ2v) is 16.9. The van der Waals surface area contributed by atoms with E-state index in [1.54, 1.807) is 0 Å². The fourth-order valence-electron chi connectivity index (χ4n) is 10.4. The molecule has 0 aliphatic heterocycles. The summed E-state index contributed by atoms with van der Waals surface area (Å²) in [7, 11) is 0. The Morgan fingerprint density at radius 3 is 1.60 bits per heavy atom. The third kappa shape index (κ3) is 4.60. The van der Waals surface area contributed by atoms with E-state index in [9.17, 15) is 0 Å². The minimum atomic E-state index is -0.175. The molecule has 1 aliphatic carbocycles. The van der Waals surface area contributed by atoms with E-state index in [0.717, 1.165) is 22.5 Å². The number of nitrogens with zero attached hydrogens (tertiary/aromatic N) is 2. The Morgan fingerprint density at radius 2 is 0.883 bits per heavy atom. The van der Waals surface area contributed by atoms with Crippen LogP contribution in [0.5, 0.6) is 0 Å². The van der Waals surface area contributed by atoms with Gasteiger partial charge >= 0.3 is 0 Å². The highest BCUT2D eigenvalue weighted by atomic mass is 16.3. The number of rotatable bonds is 4. The fourth-order valence-corrected chi connectivity index (χ4v) is 10.4. The maximum Gasteiger partial charge on any atom is 0.143 e. The number of furan rings is 1. The van der Waals surface area contributed by atoms with Crippen LogP contribution < -0.4 is 0 Å². The third-order valence-electron chi connectivity index (χ3n) is 13.3. The largest absolute Gasteiger partial charge is 0.455 e. The fraction of sp³-hybridized carbons (Fsp3) is 0.0526. The molecule has 3 heteroatoms. The first-order chi connectivity index (χ1) is 29.5. The number of hydrogen-bond acceptors (Lipinski definition) is 1. The molecule has 3 heterocycles. The molecule has 3 aromatic heterocycles. The predicted molar refractivity (Wildman–Crippen MR) is 251 cm³/mol. The molecule has 0 amide bonds. The van der Waals surface area contributed by atoms with E-state index >= 15 is 0 Å². The zero-order valence-corrected chi connectivity index (χ0v) is 33.3. The van der Waals surface area contributed by atoms with Gasteiger partial charge in [-0.2, -0.15) is 0 Å². The van der Waals surface area contributed by atoms with Crippen LogP contribution in [0.1, 0.15) is 25.0 Å². The van der Waals surface area contributed by atoms with Crippen LogP contribution in [0.25, 0.3) is 110 Å². The van der Waals surface area contributed by atoms with Crippen LogP contribution in [0, 0.1) is 0 Å². The van der Waals surface area contributed by atoms with Crippen molar-refractivity contribution in [2.45, 2.75) is 19.3 Å². The lowest BCUT2D eigenvalue weighted by molar-refractivity contribution is 0.653. The van der Waals surface area contributed by atoms with Crippen molar-refractivity contribution in [3.05, 3.63) is 205 Å². The van der Waals surface area contributed by atoms with Crippen molar-refractivity contribution in [2.24, 2.45) is 0 Å². The number of hydrogen-bond donors (Lipinski definition) is 0. The smallest absolute Gasteiger partial charge is 0.143 e. The Morgan fingerprint density at radius 1 is 0.367 bits per heavy atom. The summed E-state index contributed by atoms with van der Waals surface area (Å²) in [6.45, 7) is 4.70. The van der Waals surface area contributed by atoms with Crippen molar-refractivity contribution in [2.75, 3.05) is 0 Å². The average molecular weight is 767 g/mol. The second-order valence-electron chi connectivity index (χ2n) is 16.9. The molecule has 0 bridgehead atoms. The summed E-state index contributed by atoms with van der Waals surface area (Å²) in [6, 6.07) is 71.2. The van der Waals surface area contributed by atoms with Crippen molar-refractivity contribution < 1.29 is 4.42 Å². The van der Waals surface area contributed by atoms with Gasteiger partial charge in [0, 0.05) is 54.7 Å². The Hall–Kier alpha value is -7.62. The third-order valence-corrected chi connectivity index (χ3v) is 13.3. The van der Waals surface area contributed by atoms with E-state index in [0.29, 0.717) is 0 Å². The van der Waals surface area contributed by atoms with Crippen molar-refractivity contribution in [1.29, 1.82) is 0 Å². The van der Waals surface area contributed by atoms with Gasteiger partial charge in [-0.05, 0) is 106 Å². The van der Waals surface area contributed by atoms with E-state index in [2.05, 4.69) is 217 Å². The van der Waals surface area contributed by atoms with Gasteiger partial charge in [-0.3, -0.25) is 0 Å². The molecule has 12 aromatic rings. The Labute approximate surface area is 347 Å². The minimum absolute atomic E-state index is 0.175. The van der Waals surface area contributed by atoms with Gasteiger partial charge in [0.2, 0.25) is 0 Å². The highest BCUT2D eigenvalue weighted by molar-refractivity contribution is 6.14. The van der Waals surface area contributed by atoms with Gasteiger partial charge in [-0.1, -0.05) is 141 Å².